The average Bonchev–Trinajstić information content (AvgIpc) is 2.05. The molecule has 1 saturated heterocycles. The summed E-state index contributed by atoms with van der Waals surface area (Å²) in [6, 6.07) is 0. The second-order valence-electron chi connectivity index (χ2n) is 2.73. The maximum atomic E-state index is 3.37. The molecule has 0 amide bonds. The lowest BCUT2D eigenvalue weighted by atomic mass is 10.0. The first kappa shape index (κ1) is 5.83. The third kappa shape index (κ3) is 0.897. The number of hydrogen-bond acceptors (Lipinski definition) is 2. The van der Waals surface area contributed by atoms with Crippen LogP contribution >= 0.6 is 0 Å². The summed E-state index contributed by atoms with van der Waals surface area (Å²) < 4.78 is 0. The van der Waals surface area contributed by atoms with E-state index in [2.05, 4.69) is 22.9 Å². The van der Waals surface area contributed by atoms with E-state index in [1.54, 1.807) is 0 Å². The van der Waals surface area contributed by atoms with Gasteiger partial charge in [0.15, 0.2) is 0 Å². The summed E-state index contributed by atoms with van der Waals surface area (Å²) in [5.41, 5.74) is 2.79. The van der Waals surface area contributed by atoms with Crippen LogP contribution in [-0.2, 0) is 0 Å². The molecule has 0 aromatic rings. The van der Waals surface area contributed by atoms with Crippen molar-refractivity contribution < 1.29 is 0 Å². The van der Waals surface area contributed by atoms with Gasteiger partial charge < -0.3 is 10.6 Å². The van der Waals surface area contributed by atoms with Crippen LogP contribution in [-0.4, -0.2) is 13.1 Å². The fourth-order valence-corrected chi connectivity index (χ4v) is 1.45. The first-order valence-electron chi connectivity index (χ1n) is 3.83. The predicted molar refractivity (Wildman–Crippen MR) is 41.4 cm³/mol. The number of nitrogens with one attached hydrogen (secondary N) is 2. The van der Waals surface area contributed by atoms with Crippen LogP contribution in [0.2, 0.25) is 0 Å². The third-order valence-electron chi connectivity index (χ3n) is 1.98. The van der Waals surface area contributed by atoms with Crippen LogP contribution in [0.3, 0.4) is 0 Å². The van der Waals surface area contributed by atoms with Gasteiger partial charge in [-0.15, -0.1) is 0 Å². The molecule has 10 heavy (non-hydrogen) atoms. The molecule has 2 N–H and O–H groups in total. The Morgan fingerprint density at radius 2 is 2.40 bits per heavy atom. The van der Waals surface area contributed by atoms with Gasteiger partial charge in [-0.25, -0.2) is 0 Å². The molecule has 2 aliphatic rings. The highest BCUT2D eigenvalue weighted by Crippen LogP contribution is 2.18. The number of fused-ring (bicyclic) bond motifs is 1. The molecule has 2 nitrogen and oxygen atoms in total. The molecule has 0 atom stereocenters. The van der Waals surface area contributed by atoms with Crippen LogP contribution < -0.4 is 10.6 Å². The Kier molecular flexibility index (Phi) is 1.38. The van der Waals surface area contributed by atoms with Gasteiger partial charge in [-0.1, -0.05) is 0 Å². The summed E-state index contributed by atoms with van der Waals surface area (Å²) in [5, 5.41) is 6.58. The standard InChI is InChI=1S/C8H12N2/c1-2-7-6-9-5-3-8(7)10-4-1/h3,6,9-10H,1-2,4-5H2. The lowest BCUT2D eigenvalue weighted by Gasteiger charge is -2.23. The molecular weight excluding hydrogens is 124 g/mol. The molecule has 2 aliphatic heterocycles. The Morgan fingerprint density at radius 1 is 1.40 bits per heavy atom. The fraction of sp³-hybridized carbons (Fsp3) is 0.500. The molecule has 0 radical (unpaired) electrons. The molecule has 0 unspecified atom stereocenters. The minimum atomic E-state index is 0.978. The van der Waals surface area contributed by atoms with E-state index in [9.17, 15) is 0 Å². The van der Waals surface area contributed by atoms with Crippen molar-refractivity contribution in [3.63, 3.8) is 0 Å². The second kappa shape index (κ2) is 2.37. The van der Waals surface area contributed by atoms with E-state index >= 15 is 0 Å². The SMILES string of the molecule is C1=C2CCCNC2=CCN1. The Balaban J connectivity index is 2.19. The van der Waals surface area contributed by atoms with Gasteiger partial charge >= 0.3 is 0 Å². The zero-order valence-corrected chi connectivity index (χ0v) is 5.98. The Bertz CT molecular complexity index is 169. The van der Waals surface area contributed by atoms with Crippen LogP contribution in [0, 0.1) is 0 Å². The van der Waals surface area contributed by atoms with E-state index in [1.165, 1.54) is 24.1 Å². The van der Waals surface area contributed by atoms with Crippen LogP contribution in [0.1, 0.15) is 12.8 Å². The summed E-state index contributed by atoms with van der Waals surface area (Å²) in [6.07, 6.45) is 6.84. The summed E-state index contributed by atoms with van der Waals surface area (Å²) >= 11 is 0. The molecule has 2 rings (SSSR count). The van der Waals surface area contributed by atoms with Gasteiger partial charge in [-0.3, -0.25) is 0 Å². The van der Waals surface area contributed by atoms with E-state index < -0.39 is 0 Å². The highest BCUT2D eigenvalue weighted by atomic mass is 14.9. The first-order valence-corrected chi connectivity index (χ1v) is 3.83. The van der Waals surface area contributed by atoms with Gasteiger partial charge in [0.05, 0.1) is 0 Å². The predicted octanol–water partition coefficient (Wildman–Crippen LogP) is 0.741. The first-order chi connectivity index (χ1) is 4.97. The smallest absolute Gasteiger partial charge is 0.0364 e. The molecule has 54 valence electrons. The highest BCUT2D eigenvalue weighted by molar-refractivity contribution is 5.33. The molecule has 0 bridgehead atoms. The van der Waals surface area contributed by atoms with Crippen molar-refractivity contribution in [3.05, 3.63) is 23.5 Å². The van der Waals surface area contributed by atoms with Gasteiger partial charge in [0, 0.05) is 25.0 Å². The normalized spacial score (nSPS) is 23.2. The summed E-state index contributed by atoms with van der Waals surface area (Å²) in [7, 11) is 0. The molecule has 0 aromatic carbocycles. The summed E-state index contributed by atoms with van der Waals surface area (Å²) in [6.45, 7) is 2.12. The van der Waals surface area contributed by atoms with Gasteiger partial charge in [0.25, 0.3) is 0 Å². The van der Waals surface area contributed by atoms with Crippen molar-refractivity contribution in [1.29, 1.82) is 0 Å². The van der Waals surface area contributed by atoms with Gasteiger partial charge in [-0.2, -0.15) is 0 Å². The van der Waals surface area contributed by atoms with E-state index in [0.29, 0.717) is 0 Å². The number of rotatable bonds is 0. The molecule has 2 heterocycles. The number of dihydropyridines is 1. The highest BCUT2D eigenvalue weighted by Gasteiger charge is 2.11. The molecule has 0 aliphatic carbocycles. The number of hydrogen-bond donors (Lipinski definition) is 2. The molecule has 0 aromatic heterocycles. The summed E-state index contributed by atoms with van der Waals surface area (Å²) in [5.74, 6) is 0. The summed E-state index contributed by atoms with van der Waals surface area (Å²) in [4.78, 5) is 0. The quantitative estimate of drug-likeness (QED) is 0.513. The zero-order chi connectivity index (χ0) is 6.81. The van der Waals surface area contributed by atoms with Crippen LogP contribution in [0.25, 0.3) is 0 Å². The zero-order valence-electron chi connectivity index (χ0n) is 5.98. The van der Waals surface area contributed by atoms with Crippen molar-refractivity contribution in [2.75, 3.05) is 13.1 Å². The van der Waals surface area contributed by atoms with E-state index in [4.69, 9.17) is 0 Å². The third-order valence-corrected chi connectivity index (χ3v) is 1.98. The molecular formula is C8H12N2. The molecule has 0 saturated carbocycles. The van der Waals surface area contributed by atoms with E-state index in [-0.39, 0.29) is 0 Å². The number of allylic oxidation sites excluding steroid dienone is 1. The Labute approximate surface area is 61.0 Å². The molecule has 2 heteroatoms. The minimum absolute atomic E-state index is 0.978. The van der Waals surface area contributed by atoms with Crippen LogP contribution in [0.4, 0.5) is 0 Å². The van der Waals surface area contributed by atoms with Crippen molar-refractivity contribution in [2.45, 2.75) is 12.8 Å². The maximum absolute atomic E-state index is 3.37. The Morgan fingerprint density at radius 3 is 3.30 bits per heavy atom. The van der Waals surface area contributed by atoms with Crippen LogP contribution in [0.15, 0.2) is 23.5 Å². The van der Waals surface area contributed by atoms with Crippen LogP contribution in [0.5, 0.6) is 0 Å². The number of piperidine rings is 1. The van der Waals surface area contributed by atoms with E-state index in [1.807, 2.05) is 0 Å². The largest absolute Gasteiger partial charge is 0.387 e. The minimum Gasteiger partial charge on any atom is -0.387 e. The van der Waals surface area contributed by atoms with Crippen molar-refractivity contribution in [1.82, 2.24) is 10.6 Å². The molecule has 1 fully saturated rings. The monoisotopic (exact) mass is 136 g/mol. The van der Waals surface area contributed by atoms with Gasteiger partial charge in [-0.05, 0) is 24.5 Å². The van der Waals surface area contributed by atoms with Crippen molar-refractivity contribution in [2.24, 2.45) is 0 Å². The lowest BCUT2D eigenvalue weighted by Crippen LogP contribution is -2.27. The second-order valence-corrected chi connectivity index (χ2v) is 2.73. The van der Waals surface area contributed by atoms with Crippen molar-refractivity contribution >= 4 is 0 Å². The average molecular weight is 136 g/mol. The molecule has 0 spiro atoms. The fourth-order valence-electron chi connectivity index (χ4n) is 1.45. The maximum Gasteiger partial charge on any atom is 0.0364 e. The van der Waals surface area contributed by atoms with Gasteiger partial charge in [0.2, 0.25) is 0 Å². The van der Waals surface area contributed by atoms with Crippen molar-refractivity contribution in [3.8, 4) is 0 Å². The lowest BCUT2D eigenvalue weighted by molar-refractivity contribution is 0.651. The Hall–Kier alpha value is -0.920. The van der Waals surface area contributed by atoms with Gasteiger partial charge in [0.1, 0.15) is 0 Å². The van der Waals surface area contributed by atoms with E-state index in [0.717, 1.165) is 13.1 Å². The topological polar surface area (TPSA) is 24.1 Å².